The second-order valence-corrected chi connectivity index (χ2v) is 9.54. The molecule has 0 aliphatic heterocycles. The summed E-state index contributed by atoms with van der Waals surface area (Å²) in [6.45, 7) is 8.58. The topological polar surface area (TPSA) is 57.5 Å². The number of aliphatic carboxylic acids is 1. The number of aliphatic hydroxyl groups is 1. The molecule has 0 saturated heterocycles. The number of aliphatic hydroxyl groups excluding tert-OH is 1. The van der Waals surface area contributed by atoms with Gasteiger partial charge >= 0.3 is 5.97 Å². The Balaban J connectivity index is 1.77. The standard InChI is InChI=1S/C20H30O3/c1-12-10-20-8-5-15-18(2,6-4-7-19(15,3)17(22)23)16(20)9-14(21)13(12)11-20/h13-16,21H,1,4-11H2,2-3H3,(H,22,23)/t13-,14+,15-,16-,18+,19+,20+/m0/s1. The van der Waals surface area contributed by atoms with Gasteiger partial charge in [0.1, 0.15) is 0 Å². The second-order valence-electron chi connectivity index (χ2n) is 9.54. The van der Waals surface area contributed by atoms with Gasteiger partial charge in [0.2, 0.25) is 0 Å². The highest BCUT2D eigenvalue weighted by molar-refractivity contribution is 5.75. The van der Waals surface area contributed by atoms with Crippen LogP contribution in [0.1, 0.15) is 65.2 Å². The Morgan fingerprint density at radius 2 is 1.96 bits per heavy atom. The maximum absolute atomic E-state index is 12.0. The molecule has 4 rings (SSSR count). The molecule has 3 nitrogen and oxygen atoms in total. The van der Waals surface area contributed by atoms with Crippen molar-refractivity contribution in [1.29, 1.82) is 0 Å². The van der Waals surface area contributed by atoms with Crippen molar-refractivity contribution < 1.29 is 15.0 Å². The Kier molecular flexibility index (Phi) is 3.15. The van der Waals surface area contributed by atoms with Crippen molar-refractivity contribution in [3.8, 4) is 0 Å². The molecule has 23 heavy (non-hydrogen) atoms. The van der Waals surface area contributed by atoms with Crippen LogP contribution in [0.2, 0.25) is 0 Å². The summed E-state index contributed by atoms with van der Waals surface area (Å²) in [4.78, 5) is 12.0. The van der Waals surface area contributed by atoms with Crippen LogP contribution in [-0.4, -0.2) is 22.3 Å². The van der Waals surface area contributed by atoms with E-state index in [0.29, 0.717) is 17.3 Å². The molecule has 4 aliphatic carbocycles. The number of rotatable bonds is 1. The minimum absolute atomic E-state index is 0.0558. The first-order valence-corrected chi connectivity index (χ1v) is 9.32. The van der Waals surface area contributed by atoms with E-state index in [9.17, 15) is 15.0 Å². The van der Waals surface area contributed by atoms with E-state index in [1.165, 1.54) is 5.57 Å². The largest absolute Gasteiger partial charge is 0.481 e. The maximum atomic E-state index is 12.0. The summed E-state index contributed by atoms with van der Waals surface area (Å²) in [7, 11) is 0. The molecule has 7 atom stereocenters. The van der Waals surface area contributed by atoms with E-state index in [1.807, 2.05) is 6.92 Å². The van der Waals surface area contributed by atoms with Crippen molar-refractivity contribution >= 4 is 5.97 Å². The zero-order valence-corrected chi connectivity index (χ0v) is 14.5. The number of carboxylic acids is 1. The van der Waals surface area contributed by atoms with Gasteiger partial charge in [0.05, 0.1) is 11.5 Å². The summed E-state index contributed by atoms with van der Waals surface area (Å²) < 4.78 is 0. The molecule has 2 bridgehead atoms. The predicted octanol–water partition coefficient (Wildman–Crippen LogP) is 4.01. The van der Waals surface area contributed by atoms with Crippen LogP contribution in [0.4, 0.5) is 0 Å². The third-order valence-electron chi connectivity index (χ3n) is 8.60. The first-order chi connectivity index (χ1) is 10.7. The Morgan fingerprint density at radius 1 is 1.22 bits per heavy atom. The summed E-state index contributed by atoms with van der Waals surface area (Å²) in [6.07, 6.45) is 7.83. The lowest BCUT2D eigenvalue weighted by atomic mass is 9.41. The summed E-state index contributed by atoms with van der Waals surface area (Å²) in [5, 5.41) is 20.6. The Morgan fingerprint density at radius 3 is 2.65 bits per heavy atom. The van der Waals surface area contributed by atoms with Gasteiger partial charge in [-0.05, 0) is 74.5 Å². The molecule has 4 saturated carbocycles. The van der Waals surface area contributed by atoms with Gasteiger partial charge in [0.25, 0.3) is 0 Å². The number of fused-ring (bicyclic) bond motifs is 3. The molecule has 4 aliphatic rings. The SMILES string of the molecule is C=C1C[C@@]23CC[C@H]4[C@@](C)(CCC[C@@]4(C)C(=O)O)[C@@H]2C[C@@H](O)[C@H]1C3. The fourth-order valence-electron chi connectivity index (χ4n) is 7.57. The molecule has 128 valence electrons. The van der Waals surface area contributed by atoms with Crippen LogP contribution < -0.4 is 0 Å². The predicted molar refractivity (Wildman–Crippen MR) is 88.8 cm³/mol. The maximum Gasteiger partial charge on any atom is 0.309 e. The Bertz CT molecular complexity index is 569. The molecule has 0 unspecified atom stereocenters. The third kappa shape index (κ3) is 1.83. The lowest BCUT2D eigenvalue weighted by Crippen LogP contribution is -2.59. The van der Waals surface area contributed by atoms with Crippen molar-refractivity contribution in [2.75, 3.05) is 0 Å². The monoisotopic (exact) mass is 318 g/mol. The first-order valence-electron chi connectivity index (χ1n) is 9.32. The van der Waals surface area contributed by atoms with Gasteiger partial charge in [-0.15, -0.1) is 0 Å². The molecule has 2 N–H and O–H groups in total. The molecule has 0 aromatic rings. The quantitative estimate of drug-likeness (QED) is 0.718. The van der Waals surface area contributed by atoms with Crippen LogP contribution in [0.15, 0.2) is 12.2 Å². The van der Waals surface area contributed by atoms with Gasteiger partial charge in [0.15, 0.2) is 0 Å². The van der Waals surface area contributed by atoms with Crippen LogP contribution in [0, 0.1) is 34.0 Å². The van der Waals surface area contributed by atoms with Crippen molar-refractivity contribution in [2.24, 2.45) is 34.0 Å². The van der Waals surface area contributed by atoms with Crippen LogP contribution in [0.3, 0.4) is 0 Å². The molecule has 0 radical (unpaired) electrons. The molecule has 0 heterocycles. The van der Waals surface area contributed by atoms with Crippen molar-refractivity contribution in [3.05, 3.63) is 12.2 Å². The zero-order valence-electron chi connectivity index (χ0n) is 14.5. The van der Waals surface area contributed by atoms with E-state index < -0.39 is 11.4 Å². The summed E-state index contributed by atoms with van der Waals surface area (Å²) in [5.41, 5.74) is 1.01. The van der Waals surface area contributed by atoms with E-state index in [-0.39, 0.29) is 17.4 Å². The Hall–Kier alpha value is -0.830. The summed E-state index contributed by atoms with van der Waals surface area (Å²) >= 11 is 0. The van der Waals surface area contributed by atoms with E-state index in [1.54, 1.807) is 0 Å². The molecule has 0 aromatic heterocycles. The highest BCUT2D eigenvalue weighted by Crippen LogP contribution is 2.72. The smallest absolute Gasteiger partial charge is 0.309 e. The highest BCUT2D eigenvalue weighted by atomic mass is 16.4. The molecule has 4 fully saturated rings. The van der Waals surface area contributed by atoms with Crippen molar-refractivity contribution in [3.63, 3.8) is 0 Å². The normalized spacial score (nSPS) is 55.2. The average Bonchev–Trinajstić information content (AvgIpc) is 2.75. The number of hydrogen-bond donors (Lipinski definition) is 2. The molecule has 0 aromatic carbocycles. The summed E-state index contributed by atoms with van der Waals surface area (Å²) in [6, 6.07) is 0. The zero-order chi connectivity index (χ0) is 16.6. The minimum atomic E-state index is -0.616. The number of carboxylic acid groups (broad SMARTS) is 1. The lowest BCUT2D eigenvalue weighted by Gasteiger charge is -2.63. The molecule has 1 spiro atoms. The average molecular weight is 318 g/mol. The number of carbonyl (C=O) groups is 1. The van der Waals surface area contributed by atoms with E-state index in [4.69, 9.17) is 0 Å². The minimum Gasteiger partial charge on any atom is -0.481 e. The van der Waals surface area contributed by atoms with E-state index in [0.717, 1.165) is 51.4 Å². The third-order valence-corrected chi connectivity index (χ3v) is 8.60. The molecular weight excluding hydrogens is 288 g/mol. The van der Waals surface area contributed by atoms with Gasteiger partial charge in [-0.2, -0.15) is 0 Å². The van der Waals surface area contributed by atoms with Crippen LogP contribution in [-0.2, 0) is 4.79 Å². The molecule has 0 amide bonds. The molecular formula is C20H30O3. The Labute approximate surface area is 139 Å². The second kappa shape index (κ2) is 4.62. The van der Waals surface area contributed by atoms with E-state index in [2.05, 4.69) is 13.5 Å². The summed E-state index contributed by atoms with van der Waals surface area (Å²) in [5.74, 6) is 0.378. The van der Waals surface area contributed by atoms with E-state index >= 15 is 0 Å². The van der Waals surface area contributed by atoms with Gasteiger partial charge in [-0.25, -0.2) is 0 Å². The van der Waals surface area contributed by atoms with Crippen LogP contribution >= 0.6 is 0 Å². The van der Waals surface area contributed by atoms with Gasteiger partial charge in [0, 0.05) is 5.92 Å². The van der Waals surface area contributed by atoms with Gasteiger partial charge in [-0.3, -0.25) is 4.79 Å². The highest BCUT2D eigenvalue weighted by Gasteiger charge is 2.66. The van der Waals surface area contributed by atoms with Crippen molar-refractivity contribution in [2.45, 2.75) is 71.3 Å². The van der Waals surface area contributed by atoms with Gasteiger partial charge < -0.3 is 10.2 Å². The van der Waals surface area contributed by atoms with Gasteiger partial charge in [-0.1, -0.05) is 25.5 Å². The first kappa shape index (κ1) is 15.7. The lowest BCUT2D eigenvalue weighted by molar-refractivity contribution is -0.186. The number of hydrogen-bond acceptors (Lipinski definition) is 2. The fourth-order valence-corrected chi connectivity index (χ4v) is 7.57. The molecule has 3 heteroatoms. The van der Waals surface area contributed by atoms with Crippen LogP contribution in [0.5, 0.6) is 0 Å². The van der Waals surface area contributed by atoms with Crippen LogP contribution in [0.25, 0.3) is 0 Å². The fraction of sp³-hybridized carbons (Fsp3) is 0.850. The van der Waals surface area contributed by atoms with Crippen molar-refractivity contribution in [1.82, 2.24) is 0 Å².